The quantitative estimate of drug-likeness (QED) is 0.448. The molecule has 0 fully saturated rings. The monoisotopic (exact) mass is 142 g/mol. The first kappa shape index (κ1) is 12.4. The number of rotatable bonds is 0. The van der Waals surface area contributed by atoms with Crippen LogP contribution in [0.25, 0.3) is 0 Å². The lowest BCUT2D eigenvalue weighted by molar-refractivity contribution is 0.398. The van der Waals surface area contributed by atoms with Gasteiger partial charge in [0.05, 0.1) is 0 Å². The molecule has 0 saturated carbocycles. The van der Waals surface area contributed by atoms with Gasteiger partial charge in [0.25, 0.3) is 0 Å². The third kappa shape index (κ3) is 46.8. The van der Waals surface area contributed by atoms with Gasteiger partial charge in [0.2, 0.25) is 0 Å². The molecule has 0 N–H and O–H groups in total. The molecule has 0 atom stereocenters. The van der Waals surface area contributed by atoms with Crippen LogP contribution in [-0.2, 0) is 0 Å². The Hall–Kier alpha value is -0.260. The van der Waals surface area contributed by atoms with Crippen LogP contribution in [0.2, 0.25) is 0 Å². The summed E-state index contributed by atoms with van der Waals surface area (Å²) < 4.78 is 0. The molecule has 0 aliphatic carbocycles. The Morgan fingerprint density at radius 1 is 1.20 bits per heavy atom. The number of hydrogen-bond acceptors (Lipinski definition) is 0. The van der Waals surface area contributed by atoms with Crippen LogP contribution in [0.4, 0.5) is 0 Å². The van der Waals surface area contributed by atoms with Crippen molar-refractivity contribution in [1.82, 2.24) is 0 Å². The lowest BCUT2D eigenvalue weighted by atomic mass is 9.94. The molecule has 10 heavy (non-hydrogen) atoms. The zero-order chi connectivity index (χ0) is 8.78. The van der Waals surface area contributed by atoms with Gasteiger partial charge >= 0.3 is 0 Å². The molecule has 0 saturated heterocycles. The van der Waals surface area contributed by atoms with Gasteiger partial charge in [-0.1, -0.05) is 39.7 Å². The maximum Gasteiger partial charge on any atom is -0.0385 e. The molecule has 0 aromatic rings. The van der Waals surface area contributed by atoms with Crippen LogP contribution in [-0.4, -0.2) is 0 Å². The highest BCUT2D eigenvalue weighted by molar-refractivity contribution is 4.78. The van der Waals surface area contributed by atoms with Gasteiger partial charge in [-0.25, -0.2) is 0 Å². The summed E-state index contributed by atoms with van der Waals surface area (Å²) in [5.74, 6) is 0. The first-order valence-electron chi connectivity index (χ1n) is 3.91. The van der Waals surface area contributed by atoms with Crippen LogP contribution < -0.4 is 0 Å². The normalized spacial score (nSPS) is 9.80. The largest absolute Gasteiger partial charge is 0.100 e. The van der Waals surface area contributed by atoms with Gasteiger partial charge in [-0.15, -0.1) is 6.58 Å². The molecule has 0 aromatic carbocycles. The van der Waals surface area contributed by atoms with Gasteiger partial charge in [-0.3, -0.25) is 0 Å². The summed E-state index contributed by atoms with van der Waals surface area (Å²) >= 11 is 0. The van der Waals surface area contributed by atoms with E-state index in [1.54, 1.807) is 0 Å². The van der Waals surface area contributed by atoms with Crippen molar-refractivity contribution in [2.45, 2.75) is 48.0 Å². The molecule has 0 amide bonds. The molecular formula is C10H22. The predicted octanol–water partition coefficient (Wildman–Crippen LogP) is 4.02. The molecule has 0 heteroatoms. The average molecular weight is 142 g/mol. The maximum atomic E-state index is 3.56. The van der Waals surface area contributed by atoms with E-state index in [9.17, 15) is 0 Å². The molecule has 0 heterocycles. The Morgan fingerprint density at radius 2 is 1.30 bits per heavy atom. The second-order valence-electron chi connectivity index (χ2n) is 4.12. The van der Waals surface area contributed by atoms with Gasteiger partial charge in [-0.2, -0.15) is 0 Å². The van der Waals surface area contributed by atoms with Gasteiger partial charge in [0, 0.05) is 0 Å². The molecule has 0 aliphatic heterocycles. The first-order chi connectivity index (χ1) is 4.29. The third-order valence-corrected chi connectivity index (χ3v) is 1.06. The summed E-state index contributed by atoms with van der Waals surface area (Å²) in [4.78, 5) is 0. The molecule has 0 aliphatic rings. The van der Waals surface area contributed by atoms with E-state index in [1.807, 2.05) is 13.8 Å². The van der Waals surface area contributed by atoms with Crippen LogP contribution in [0.3, 0.4) is 0 Å². The molecule has 0 unspecified atom stereocenters. The van der Waals surface area contributed by atoms with Crippen molar-refractivity contribution in [1.29, 1.82) is 0 Å². The number of allylic oxidation sites excluding steroid dienone is 1. The minimum Gasteiger partial charge on any atom is -0.100 e. The minimum atomic E-state index is 0.542. The smallest absolute Gasteiger partial charge is 0.0385 e. The van der Waals surface area contributed by atoms with Gasteiger partial charge in [0.1, 0.15) is 0 Å². The summed E-state index contributed by atoms with van der Waals surface area (Å²) in [6, 6.07) is 0. The van der Waals surface area contributed by atoms with Crippen LogP contribution in [0.15, 0.2) is 12.2 Å². The van der Waals surface area contributed by atoms with Crippen molar-refractivity contribution in [2.24, 2.45) is 5.41 Å². The fourth-order valence-electron chi connectivity index (χ4n) is 0. The zero-order valence-electron chi connectivity index (χ0n) is 8.41. The first-order valence-corrected chi connectivity index (χ1v) is 3.91. The maximum absolute atomic E-state index is 3.56. The summed E-state index contributed by atoms with van der Waals surface area (Å²) in [5, 5.41) is 0. The SMILES string of the molecule is C=C(C)C.CCC(C)(C)C. The molecule has 0 rings (SSSR count). The number of hydrogen-bond donors (Lipinski definition) is 0. The summed E-state index contributed by atoms with van der Waals surface area (Å²) in [6.45, 7) is 16.4. The fraction of sp³-hybridized carbons (Fsp3) is 0.800. The Balaban J connectivity index is 0. The summed E-state index contributed by atoms with van der Waals surface area (Å²) in [6.07, 6.45) is 1.27. The van der Waals surface area contributed by atoms with Gasteiger partial charge in [0.15, 0.2) is 0 Å². The van der Waals surface area contributed by atoms with E-state index in [0.717, 1.165) is 0 Å². The highest BCUT2D eigenvalue weighted by Crippen LogP contribution is 2.16. The second kappa shape index (κ2) is 5.52. The highest BCUT2D eigenvalue weighted by Gasteiger charge is 2.03. The zero-order valence-corrected chi connectivity index (χ0v) is 8.41. The highest BCUT2D eigenvalue weighted by atomic mass is 14.1. The van der Waals surface area contributed by atoms with Crippen molar-refractivity contribution < 1.29 is 0 Å². The van der Waals surface area contributed by atoms with Crippen molar-refractivity contribution in [3.63, 3.8) is 0 Å². The molecule has 0 nitrogen and oxygen atoms in total. The summed E-state index contributed by atoms with van der Waals surface area (Å²) in [5.41, 5.74) is 1.71. The van der Waals surface area contributed by atoms with Crippen molar-refractivity contribution in [3.05, 3.63) is 12.2 Å². The fourth-order valence-corrected chi connectivity index (χ4v) is 0. The van der Waals surface area contributed by atoms with Crippen LogP contribution in [0, 0.1) is 5.41 Å². The molecule has 0 aromatic heterocycles. The standard InChI is InChI=1S/C6H14.C4H8/c1-5-6(2,3)4;1-4(2)3/h5H2,1-4H3;1H2,2-3H3. The van der Waals surface area contributed by atoms with E-state index in [4.69, 9.17) is 0 Å². The lowest BCUT2D eigenvalue weighted by Gasteiger charge is -2.12. The molecule has 0 spiro atoms. The van der Waals surface area contributed by atoms with Crippen molar-refractivity contribution >= 4 is 0 Å². The van der Waals surface area contributed by atoms with E-state index in [-0.39, 0.29) is 0 Å². The Morgan fingerprint density at radius 3 is 1.30 bits per heavy atom. The van der Waals surface area contributed by atoms with Crippen molar-refractivity contribution in [2.75, 3.05) is 0 Å². The predicted molar refractivity (Wildman–Crippen MR) is 50.2 cm³/mol. The van der Waals surface area contributed by atoms with Crippen LogP contribution >= 0.6 is 0 Å². The average Bonchev–Trinajstić information content (AvgIpc) is 1.63. The summed E-state index contributed by atoms with van der Waals surface area (Å²) in [7, 11) is 0. The van der Waals surface area contributed by atoms with E-state index >= 15 is 0 Å². The van der Waals surface area contributed by atoms with Crippen LogP contribution in [0.1, 0.15) is 48.0 Å². The second-order valence-corrected chi connectivity index (χ2v) is 4.12. The minimum absolute atomic E-state index is 0.542. The Labute approximate surface area is 66.3 Å². The molecule has 62 valence electrons. The third-order valence-electron chi connectivity index (χ3n) is 1.06. The Bertz CT molecular complexity index is 78.7. The Kier molecular flexibility index (Phi) is 6.85. The van der Waals surface area contributed by atoms with Gasteiger partial charge < -0.3 is 0 Å². The van der Waals surface area contributed by atoms with Gasteiger partial charge in [-0.05, 0) is 19.3 Å². The van der Waals surface area contributed by atoms with Crippen molar-refractivity contribution in [3.8, 4) is 0 Å². The van der Waals surface area contributed by atoms with E-state index in [2.05, 4.69) is 34.3 Å². The van der Waals surface area contributed by atoms with E-state index in [0.29, 0.717) is 5.41 Å². The topological polar surface area (TPSA) is 0 Å². The molecular weight excluding hydrogens is 120 g/mol. The van der Waals surface area contributed by atoms with E-state index < -0.39 is 0 Å². The lowest BCUT2D eigenvalue weighted by Crippen LogP contribution is -2.00. The van der Waals surface area contributed by atoms with E-state index in [1.165, 1.54) is 12.0 Å². The molecule has 0 bridgehead atoms. The molecule has 0 radical (unpaired) electrons. The van der Waals surface area contributed by atoms with Crippen LogP contribution in [0.5, 0.6) is 0 Å².